The smallest absolute Gasteiger partial charge is 0.123 e. The van der Waals surface area contributed by atoms with Gasteiger partial charge < -0.3 is 19.5 Å². The maximum Gasteiger partial charge on any atom is 0.123 e. The zero-order valence-electron chi connectivity index (χ0n) is 11.6. The maximum absolute atomic E-state index is 5.75. The summed E-state index contributed by atoms with van der Waals surface area (Å²) in [5.74, 6) is 0.928. The third kappa shape index (κ3) is 4.82. The van der Waals surface area contributed by atoms with E-state index in [-0.39, 0.29) is 6.10 Å². The summed E-state index contributed by atoms with van der Waals surface area (Å²) in [6, 6.07) is 8.07. The van der Waals surface area contributed by atoms with Gasteiger partial charge in [-0.2, -0.15) is 0 Å². The summed E-state index contributed by atoms with van der Waals surface area (Å²) >= 11 is 0. The first-order valence-corrected chi connectivity index (χ1v) is 6.95. The van der Waals surface area contributed by atoms with Gasteiger partial charge in [0.15, 0.2) is 0 Å². The van der Waals surface area contributed by atoms with Crippen LogP contribution in [-0.4, -0.2) is 39.6 Å². The zero-order valence-corrected chi connectivity index (χ0v) is 11.6. The van der Waals surface area contributed by atoms with Crippen molar-refractivity contribution in [3.8, 4) is 5.75 Å². The SMILES string of the molecule is CNCc1ccccc1OCCOCC1CCCO1. The molecule has 4 heteroatoms. The van der Waals surface area contributed by atoms with Crippen molar-refractivity contribution < 1.29 is 14.2 Å². The first kappa shape index (κ1) is 14.3. The highest BCUT2D eigenvalue weighted by atomic mass is 16.5. The molecule has 0 radical (unpaired) electrons. The molecule has 1 atom stereocenters. The minimum Gasteiger partial charge on any atom is -0.491 e. The molecule has 4 nitrogen and oxygen atoms in total. The first-order valence-electron chi connectivity index (χ1n) is 6.95. The van der Waals surface area contributed by atoms with E-state index >= 15 is 0 Å². The van der Waals surface area contributed by atoms with Crippen molar-refractivity contribution in [1.82, 2.24) is 5.32 Å². The van der Waals surface area contributed by atoms with E-state index in [9.17, 15) is 0 Å². The molecular weight excluding hydrogens is 242 g/mol. The van der Waals surface area contributed by atoms with Crippen LogP contribution in [0.2, 0.25) is 0 Å². The molecule has 1 aliphatic rings. The number of benzene rings is 1. The van der Waals surface area contributed by atoms with Crippen LogP contribution in [0.1, 0.15) is 18.4 Å². The molecule has 0 spiro atoms. The molecule has 1 saturated heterocycles. The molecule has 1 aromatic rings. The predicted octanol–water partition coefficient (Wildman–Crippen LogP) is 1.98. The third-order valence-electron chi connectivity index (χ3n) is 3.15. The summed E-state index contributed by atoms with van der Waals surface area (Å²) in [4.78, 5) is 0. The highest BCUT2D eigenvalue weighted by molar-refractivity contribution is 5.33. The molecule has 1 unspecified atom stereocenters. The van der Waals surface area contributed by atoms with Crippen LogP contribution in [0.15, 0.2) is 24.3 Å². The summed E-state index contributed by atoms with van der Waals surface area (Å²) < 4.78 is 16.8. The van der Waals surface area contributed by atoms with Gasteiger partial charge in [-0.25, -0.2) is 0 Å². The van der Waals surface area contributed by atoms with Crippen molar-refractivity contribution in [3.05, 3.63) is 29.8 Å². The number of nitrogens with one attached hydrogen (secondary N) is 1. The second-order valence-corrected chi connectivity index (χ2v) is 4.70. The Balaban J connectivity index is 1.64. The van der Waals surface area contributed by atoms with E-state index in [0.29, 0.717) is 19.8 Å². The fourth-order valence-electron chi connectivity index (χ4n) is 2.18. The van der Waals surface area contributed by atoms with Crippen molar-refractivity contribution in [2.75, 3.05) is 33.5 Å². The molecule has 2 rings (SSSR count). The topological polar surface area (TPSA) is 39.7 Å². The summed E-state index contributed by atoms with van der Waals surface area (Å²) in [7, 11) is 1.93. The van der Waals surface area contributed by atoms with Gasteiger partial charge in [0.05, 0.1) is 19.3 Å². The standard InChI is InChI=1S/C15H23NO3/c1-16-11-13-5-2-3-7-15(13)19-10-9-17-12-14-6-4-8-18-14/h2-3,5,7,14,16H,4,6,8-12H2,1H3. The van der Waals surface area contributed by atoms with Crippen molar-refractivity contribution in [2.24, 2.45) is 0 Å². The van der Waals surface area contributed by atoms with E-state index in [2.05, 4.69) is 11.4 Å². The molecule has 0 amide bonds. The molecule has 0 bridgehead atoms. The van der Waals surface area contributed by atoms with Gasteiger partial charge in [-0.1, -0.05) is 18.2 Å². The van der Waals surface area contributed by atoms with Gasteiger partial charge in [0, 0.05) is 18.7 Å². The molecule has 1 fully saturated rings. The van der Waals surface area contributed by atoms with E-state index in [1.54, 1.807) is 0 Å². The average molecular weight is 265 g/mol. The largest absolute Gasteiger partial charge is 0.491 e. The normalized spacial score (nSPS) is 18.7. The number of hydrogen-bond donors (Lipinski definition) is 1. The van der Waals surface area contributed by atoms with Crippen LogP contribution in [0.25, 0.3) is 0 Å². The highest BCUT2D eigenvalue weighted by Gasteiger charge is 2.15. The Bertz CT molecular complexity index is 364. The van der Waals surface area contributed by atoms with Crippen molar-refractivity contribution in [2.45, 2.75) is 25.5 Å². The number of ether oxygens (including phenoxy) is 3. The van der Waals surface area contributed by atoms with Gasteiger partial charge in [0.25, 0.3) is 0 Å². The van der Waals surface area contributed by atoms with E-state index in [4.69, 9.17) is 14.2 Å². The monoisotopic (exact) mass is 265 g/mol. The lowest BCUT2D eigenvalue weighted by Crippen LogP contribution is -2.17. The summed E-state index contributed by atoms with van der Waals surface area (Å²) in [6.45, 7) is 3.55. The number of rotatable bonds is 8. The van der Waals surface area contributed by atoms with Gasteiger partial charge in [0.2, 0.25) is 0 Å². The van der Waals surface area contributed by atoms with Gasteiger partial charge in [-0.3, -0.25) is 0 Å². The van der Waals surface area contributed by atoms with Gasteiger partial charge in [-0.05, 0) is 26.0 Å². The van der Waals surface area contributed by atoms with E-state index in [0.717, 1.165) is 31.7 Å². The second-order valence-electron chi connectivity index (χ2n) is 4.70. The molecule has 1 N–H and O–H groups in total. The highest BCUT2D eigenvalue weighted by Crippen LogP contribution is 2.17. The molecule has 19 heavy (non-hydrogen) atoms. The average Bonchev–Trinajstić information content (AvgIpc) is 2.94. The van der Waals surface area contributed by atoms with Crippen LogP contribution in [0.3, 0.4) is 0 Å². The summed E-state index contributed by atoms with van der Waals surface area (Å²) in [6.07, 6.45) is 2.56. The second kappa shape index (κ2) is 8.15. The third-order valence-corrected chi connectivity index (χ3v) is 3.15. The van der Waals surface area contributed by atoms with Crippen molar-refractivity contribution in [3.63, 3.8) is 0 Å². The fourth-order valence-corrected chi connectivity index (χ4v) is 2.18. The maximum atomic E-state index is 5.75. The number of hydrogen-bond acceptors (Lipinski definition) is 4. The quantitative estimate of drug-likeness (QED) is 0.730. The van der Waals surface area contributed by atoms with Crippen LogP contribution in [0, 0.1) is 0 Å². The molecule has 1 aliphatic heterocycles. The van der Waals surface area contributed by atoms with E-state index in [1.165, 1.54) is 5.56 Å². The molecule has 106 valence electrons. The van der Waals surface area contributed by atoms with Crippen LogP contribution in [0.5, 0.6) is 5.75 Å². The van der Waals surface area contributed by atoms with Gasteiger partial charge >= 0.3 is 0 Å². The molecule has 0 aromatic heterocycles. The van der Waals surface area contributed by atoms with E-state index < -0.39 is 0 Å². The Morgan fingerprint density at radius 3 is 3.00 bits per heavy atom. The van der Waals surface area contributed by atoms with Crippen molar-refractivity contribution in [1.29, 1.82) is 0 Å². The van der Waals surface area contributed by atoms with Gasteiger partial charge in [0.1, 0.15) is 12.4 Å². The van der Waals surface area contributed by atoms with Gasteiger partial charge in [-0.15, -0.1) is 0 Å². The minimum absolute atomic E-state index is 0.288. The first-order chi connectivity index (χ1) is 9.40. The Hall–Kier alpha value is -1.10. The number of para-hydroxylation sites is 1. The lowest BCUT2D eigenvalue weighted by Gasteiger charge is -2.13. The van der Waals surface area contributed by atoms with Crippen LogP contribution < -0.4 is 10.1 Å². The molecule has 1 heterocycles. The minimum atomic E-state index is 0.288. The Labute approximate surface area is 115 Å². The lowest BCUT2D eigenvalue weighted by molar-refractivity contribution is 0.00845. The Kier molecular flexibility index (Phi) is 6.14. The zero-order chi connectivity index (χ0) is 13.3. The molecule has 1 aromatic carbocycles. The molecule has 0 saturated carbocycles. The molecular formula is C15H23NO3. The summed E-state index contributed by atoms with van der Waals surface area (Å²) in [5, 5.41) is 3.14. The summed E-state index contributed by atoms with van der Waals surface area (Å²) in [5.41, 5.74) is 1.17. The predicted molar refractivity (Wildman–Crippen MR) is 74.5 cm³/mol. The lowest BCUT2D eigenvalue weighted by atomic mass is 10.2. The Morgan fingerprint density at radius 2 is 2.21 bits per heavy atom. The van der Waals surface area contributed by atoms with E-state index in [1.807, 2.05) is 25.2 Å². The Morgan fingerprint density at radius 1 is 1.32 bits per heavy atom. The van der Waals surface area contributed by atoms with Crippen LogP contribution in [0.4, 0.5) is 0 Å². The van der Waals surface area contributed by atoms with Crippen LogP contribution in [-0.2, 0) is 16.0 Å². The van der Waals surface area contributed by atoms with Crippen LogP contribution >= 0.6 is 0 Å². The fraction of sp³-hybridized carbons (Fsp3) is 0.600. The molecule has 0 aliphatic carbocycles. The van der Waals surface area contributed by atoms with Crippen molar-refractivity contribution >= 4 is 0 Å².